The van der Waals surface area contributed by atoms with Crippen LogP contribution in [-0.2, 0) is 0 Å². The third kappa shape index (κ3) is 2.27. The van der Waals surface area contributed by atoms with Gasteiger partial charge in [-0.05, 0) is 0 Å². The zero-order valence-corrected chi connectivity index (χ0v) is 10.6. The van der Waals surface area contributed by atoms with Gasteiger partial charge in [-0.1, -0.05) is 32.5 Å². The van der Waals surface area contributed by atoms with E-state index < -0.39 is 0 Å². The Kier molecular flexibility index (Phi) is 2.75. The predicted octanol–water partition coefficient (Wildman–Crippen LogP) is 2.29. The molecule has 0 aliphatic rings. The normalized spacial score (nSPS) is 12.0. The fraction of sp³-hybridized carbons (Fsp3) is 0.500. The Bertz CT molecular complexity index is 499. The van der Waals surface area contributed by atoms with E-state index in [0.29, 0.717) is 5.95 Å². The summed E-state index contributed by atoms with van der Waals surface area (Å²) in [5, 5.41) is 11.7. The van der Waals surface area contributed by atoms with E-state index in [0.717, 1.165) is 16.1 Å². The minimum absolute atomic E-state index is 0.115. The van der Waals surface area contributed by atoms with Crippen LogP contribution in [0.2, 0.25) is 0 Å². The van der Waals surface area contributed by atoms with Crippen molar-refractivity contribution in [2.75, 3.05) is 12.4 Å². The van der Waals surface area contributed by atoms with Crippen LogP contribution < -0.4 is 5.32 Å². The molecule has 2 N–H and O–H groups in total. The third-order valence-corrected chi connectivity index (χ3v) is 3.02. The summed E-state index contributed by atoms with van der Waals surface area (Å²) in [4.78, 5) is 8.75. The smallest absolute Gasteiger partial charge is 0.225 e. The van der Waals surface area contributed by atoms with Gasteiger partial charge in [0.05, 0.1) is 11.6 Å². The molecule has 0 amide bonds. The van der Waals surface area contributed by atoms with E-state index in [4.69, 9.17) is 0 Å². The van der Waals surface area contributed by atoms with Gasteiger partial charge >= 0.3 is 0 Å². The molecule has 2 heterocycles. The first-order valence-electron chi connectivity index (χ1n) is 5.07. The van der Waals surface area contributed by atoms with Crippen molar-refractivity contribution in [3.05, 3.63) is 6.20 Å². The van der Waals surface area contributed by atoms with Gasteiger partial charge in [-0.25, -0.2) is 4.98 Å². The van der Waals surface area contributed by atoms with Gasteiger partial charge in [0.1, 0.15) is 5.03 Å². The average Bonchev–Trinajstić information content (AvgIpc) is 2.63. The van der Waals surface area contributed by atoms with E-state index in [1.165, 1.54) is 0 Å². The Morgan fingerprint density at radius 2 is 2.06 bits per heavy atom. The highest BCUT2D eigenvalue weighted by atomic mass is 32.2. The van der Waals surface area contributed by atoms with Crippen molar-refractivity contribution in [3.63, 3.8) is 0 Å². The maximum Gasteiger partial charge on any atom is 0.225 e. The number of aromatic amines is 1. The lowest BCUT2D eigenvalue weighted by Gasteiger charge is -2.17. The topological polar surface area (TPSA) is 66.5 Å². The van der Waals surface area contributed by atoms with Crippen molar-refractivity contribution in [2.24, 2.45) is 0 Å². The molecule has 0 atom stereocenters. The summed E-state index contributed by atoms with van der Waals surface area (Å²) in [5.41, 5.74) is 0.770. The Morgan fingerprint density at radius 1 is 1.31 bits per heavy atom. The molecule has 0 fully saturated rings. The highest BCUT2D eigenvalue weighted by Crippen LogP contribution is 2.34. The molecular formula is C10H15N5S. The van der Waals surface area contributed by atoms with Crippen LogP contribution in [0.25, 0.3) is 11.0 Å². The monoisotopic (exact) mass is 237 g/mol. The molecule has 0 unspecified atom stereocenters. The van der Waals surface area contributed by atoms with Gasteiger partial charge in [0, 0.05) is 11.8 Å². The second-order valence-corrected chi connectivity index (χ2v) is 6.26. The van der Waals surface area contributed by atoms with Gasteiger partial charge in [-0.3, -0.25) is 5.10 Å². The van der Waals surface area contributed by atoms with Crippen LogP contribution in [0, 0.1) is 0 Å². The lowest BCUT2D eigenvalue weighted by molar-refractivity contribution is 0.800. The van der Waals surface area contributed by atoms with Gasteiger partial charge in [-0.2, -0.15) is 10.1 Å². The summed E-state index contributed by atoms with van der Waals surface area (Å²) in [7, 11) is 1.81. The molecule has 0 saturated carbocycles. The van der Waals surface area contributed by atoms with Crippen LogP contribution in [0.15, 0.2) is 11.2 Å². The molecule has 0 radical (unpaired) electrons. The maximum atomic E-state index is 4.46. The first-order valence-corrected chi connectivity index (χ1v) is 5.89. The molecule has 0 aromatic carbocycles. The molecule has 0 aliphatic heterocycles. The summed E-state index contributed by atoms with van der Waals surface area (Å²) >= 11 is 1.71. The Hall–Kier alpha value is -1.30. The van der Waals surface area contributed by atoms with E-state index in [9.17, 15) is 0 Å². The number of fused-ring (bicyclic) bond motifs is 1. The van der Waals surface area contributed by atoms with Crippen molar-refractivity contribution in [3.8, 4) is 0 Å². The van der Waals surface area contributed by atoms with Gasteiger partial charge in [0.15, 0.2) is 5.65 Å². The molecule has 0 bridgehead atoms. The lowest BCUT2D eigenvalue weighted by atomic mass is 10.3. The summed E-state index contributed by atoms with van der Waals surface area (Å²) in [5.74, 6) is 0.614. The van der Waals surface area contributed by atoms with Crippen LogP contribution in [0.4, 0.5) is 5.95 Å². The van der Waals surface area contributed by atoms with Crippen LogP contribution >= 0.6 is 11.8 Å². The standard InChI is InChI=1S/C10H15N5S/c1-10(2,3)16-8-6-5-12-15-7(6)13-9(11-4)14-8/h5H,1-4H3,(H2,11,12,13,14,15). The number of H-pyrrole nitrogens is 1. The van der Waals surface area contributed by atoms with Crippen LogP contribution in [0.1, 0.15) is 20.8 Å². The second-order valence-electron chi connectivity index (χ2n) is 4.45. The molecule has 2 aromatic rings. The number of rotatable bonds is 2. The Labute approximate surface area is 98.4 Å². The number of aromatic nitrogens is 4. The average molecular weight is 237 g/mol. The van der Waals surface area contributed by atoms with E-state index in [-0.39, 0.29) is 4.75 Å². The fourth-order valence-electron chi connectivity index (χ4n) is 1.29. The molecular weight excluding hydrogens is 222 g/mol. The first-order chi connectivity index (χ1) is 7.49. The van der Waals surface area contributed by atoms with Gasteiger partial charge < -0.3 is 5.32 Å². The summed E-state index contributed by atoms with van der Waals surface area (Å²) in [6.45, 7) is 6.47. The zero-order valence-electron chi connectivity index (χ0n) is 9.83. The number of hydrogen-bond donors (Lipinski definition) is 2. The number of nitrogens with one attached hydrogen (secondary N) is 2. The Morgan fingerprint density at radius 3 is 2.69 bits per heavy atom. The number of nitrogens with zero attached hydrogens (tertiary/aromatic N) is 3. The quantitative estimate of drug-likeness (QED) is 0.619. The lowest BCUT2D eigenvalue weighted by Crippen LogP contribution is -2.08. The molecule has 0 spiro atoms. The first kappa shape index (κ1) is 11.2. The molecule has 6 heteroatoms. The minimum atomic E-state index is 0.115. The van der Waals surface area contributed by atoms with Crippen molar-refractivity contribution in [1.29, 1.82) is 0 Å². The van der Waals surface area contributed by atoms with Crippen LogP contribution in [0.5, 0.6) is 0 Å². The van der Waals surface area contributed by atoms with Crippen molar-refractivity contribution in [1.82, 2.24) is 20.2 Å². The van der Waals surface area contributed by atoms with Crippen LogP contribution in [0.3, 0.4) is 0 Å². The highest BCUT2D eigenvalue weighted by Gasteiger charge is 2.17. The van der Waals surface area contributed by atoms with E-state index in [1.807, 2.05) is 7.05 Å². The molecule has 0 aliphatic carbocycles. The summed E-state index contributed by atoms with van der Waals surface area (Å²) in [6, 6.07) is 0. The Balaban J connectivity index is 2.52. The fourth-order valence-corrected chi connectivity index (χ4v) is 2.26. The molecule has 2 aromatic heterocycles. The second kappa shape index (κ2) is 3.93. The summed E-state index contributed by atoms with van der Waals surface area (Å²) < 4.78 is 0.115. The van der Waals surface area contributed by atoms with Crippen molar-refractivity contribution >= 4 is 28.7 Å². The van der Waals surface area contributed by atoms with Gasteiger partial charge in [-0.15, -0.1) is 0 Å². The number of hydrogen-bond acceptors (Lipinski definition) is 5. The zero-order chi connectivity index (χ0) is 11.8. The molecule has 2 rings (SSSR count). The largest absolute Gasteiger partial charge is 0.357 e. The minimum Gasteiger partial charge on any atom is -0.357 e. The molecule has 86 valence electrons. The SMILES string of the molecule is CNc1nc(SC(C)(C)C)c2cn[nH]c2n1. The highest BCUT2D eigenvalue weighted by molar-refractivity contribution is 8.00. The summed E-state index contributed by atoms with van der Waals surface area (Å²) in [6.07, 6.45) is 1.77. The van der Waals surface area contributed by atoms with E-state index in [2.05, 4.69) is 46.3 Å². The van der Waals surface area contributed by atoms with Crippen LogP contribution in [-0.4, -0.2) is 32.0 Å². The molecule has 0 saturated heterocycles. The molecule has 16 heavy (non-hydrogen) atoms. The van der Waals surface area contributed by atoms with Gasteiger partial charge in [0.2, 0.25) is 5.95 Å². The third-order valence-electron chi connectivity index (χ3n) is 1.90. The van der Waals surface area contributed by atoms with Crippen molar-refractivity contribution < 1.29 is 0 Å². The number of thioether (sulfide) groups is 1. The number of anilines is 1. The van der Waals surface area contributed by atoms with E-state index in [1.54, 1.807) is 18.0 Å². The van der Waals surface area contributed by atoms with E-state index >= 15 is 0 Å². The maximum absolute atomic E-state index is 4.46. The molecule has 5 nitrogen and oxygen atoms in total. The van der Waals surface area contributed by atoms with Crippen molar-refractivity contribution in [2.45, 2.75) is 30.5 Å². The predicted molar refractivity (Wildman–Crippen MR) is 66.8 cm³/mol. The van der Waals surface area contributed by atoms with Gasteiger partial charge in [0.25, 0.3) is 0 Å².